The van der Waals surface area contributed by atoms with Crippen molar-refractivity contribution < 1.29 is 14.5 Å². The van der Waals surface area contributed by atoms with Crippen molar-refractivity contribution in [1.82, 2.24) is 0 Å². The molecular formula is C21H23N3O4. The molecule has 0 aromatic heterocycles. The van der Waals surface area contributed by atoms with Crippen molar-refractivity contribution in [2.45, 2.75) is 53.4 Å². The fraction of sp³-hybridized carbons (Fsp3) is 0.429. The Balaban J connectivity index is 2.34. The number of hydrogen-bond donors (Lipinski definition) is 1. The monoisotopic (exact) mass is 381 g/mol. The molecule has 0 fully saturated rings. The van der Waals surface area contributed by atoms with Crippen LogP contribution in [0.5, 0.6) is 0 Å². The first-order valence-electron chi connectivity index (χ1n) is 9.07. The largest absolute Gasteiger partial charge is 0.448 e. The second kappa shape index (κ2) is 6.48. The quantitative estimate of drug-likeness (QED) is 0.611. The zero-order valence-electron chi connectivity index (χ0n) is 16.7. The van der Waals surface area contributed by atoms with Gasteiger partial charge in [0.15, 0.2) is 5.78 Å². The topological polar surface area (TPSA) is 119 Å². The Hall–Kier alpha value is -3.14. The molecule has 1 unspecified atom stereocenters. The second-order valence-electron chi connectivity index (χ2n) is 8.36. The number of carbonyl (C=O) groups is 1. The lowest BCUT2D eigenvalue weighted by Crippen LogP contribution is -2.34. The Morgan fingerprint density at radius 2 is 1.93 bits per heavy atom. The lowest BCUT2D eigenvalue weighted by Gasteiger charge is -2.38. The standard InChI is InChI=1S/C21H23N3O4/c1-10-6-11(2)20(24(26)27)12(3)16(10)18-17-13(25)7-21(4,5)8-14(17)28-15(9-22)19(18)23/h6,18H,7-8,23H2,1-5H3. The zero-order valence-corrected chi connectivity index (χ0v) is 16.7. The van der Waals surface area contributed by atoms with Crippen molar-refractivity contribution >= 4 is 11.5 Å². The molecule has 1 aliphatic carbocycles. The van der Waals surface area contributed by atoms with Crippen LogP contribution >= 0.6 is 0 Å². The summed E-state index contributed by atoms with van der Waals surface area (Å²) < 4.78 is 5.71. The highest BCUT2D eigenvalue weighted by Gasteiger charge is 2.44. The van der Waals surface area contributed by atoms with Crippen LogP contribution in [-0.2, 0) is 9.53 Å². The van der Waals surface area contributed by atoms with E-state index in [1.807, 2.05) is 26.8 Å². The van der Waals surface area contributed by atoms with Gasteiger partial charge < -0.3 is 10.5 Å². The molecule has 0 spiro atoms. The van der Waals surface area contributed by atoms with Crippen molar-refractivity contribution in [3.05, 3.63) is 61.2 Å². The number of carbonyl (C=O) groups excluding carboxylic acids is 1. The number of nitrogens with two attached hydrogens (primary N) is 1. The second-order valence-corrected chi connectivity index (χ2v) is 8.36. The van der Waals surface area contributed by atoms with E-state index in [9.17, 15) is 20.2 Å². The molecule has 0 radical (unpaired) electrons. The number of nitriles is 1. The Morgan fingerprint density at radius 1 is 1.29 bits per heavy atom. The van der Waals surface area contributed by atoms with Crippen LogP contribution in [0, 0.1) is 47.6 Å². The summed E-state index contributed by atoms with van der Waals surface area (Å²) in [7, 11) is 0. The van der Waals surface area contributed by atoms with Crippen LogP contribution in [0.2, 0.25) is 0 Å². The van der Waals surface area contributed by atoms with Crippen LogP contribution in [0.4, 0.5) is 5.69 Å². The number of ketones is 1. The zero-order chi connectivity index (χ0) is 21.0. The van der Waals surface area contributed by atoms with Crippen molar-refractivity contribution in [2.24, 2.45) is 11.1 Å². The number of Topliss-reactive ketones (excluding diaryl/α,β-unsaturated/α-hetero) is 1. The van der Waals surface area contributed by atoms with E-state index in [-0.39, 0.29) is 28.3 Å². The van der Waals surface area contributed by atoms with Crippen LogP contribution in [0.3, 0.4) is 0 Å². The van der Waals surface area contributed by atoms with Crippen molar-refractivity contribution in [3.8, 4) is 6.07 Å². The van der Waals surface area contributed by atoms with Crippen molar-refractivity contribution in [1.29, 1.82) is 5.26 Å². The molecule has 1 aromatic carbocycles. The maximum absolute atomic E-state index is 13.0. The number of nitro benzene ring substituents is 1. The third-order valence-electron chi connectivity index (χ3n) is 5.53. The van der Waals surface area contributed by atoms with Gasteiger partial charge in [0.05, 0.1) is 16.5 Å². The van der Waals surface area contributed by atoms with Crippen LogP contribution in [0.25, 0.3) is 0 Å². The van der Waals surface area contributed by atoms with Gasteiger partial charge >= 0.3 is 0 Å². The van der Waals surface area contributed by atoms with Crippen LogP contribution in [0.15, 0.2) is 28.9 Å². The van der Waals surface area contributed by atoms with Gasteiger partial charge in [0.1, 0.15) is 11.8 Å². The molecule has 7 heteroatoms. The number of allylic oxidation sites excluding steroid dienone is 3. The van der Waals surface area contributed by atoms with Crippen molar-refractivity contribution in [3.63, 3.8) is 0 Å². The summed E-state index contributed by atoms with van der Waals surface area (Å²) in [6.07, 6.45) is 0.821. The average molecular weight is 381 g/mol. The first-order valence-corrected chi connectivity index (χ1v) is 9.07. The highest BCUT2D eigenvalue weighted by atomic mass is 16.6. The Bertz CT molecular complexity index is 1030. The molecule has 0 saturated carbocycles. The minimum Gasteiger partial charge on any atom is -0.448 e. The maximum Gasteiger partial charge on any atom is 0.275 e. The minimum atomic E-state index is -0.721. The van der Waals surface area contributed by atoms with Gasteiger partial charge in [0.2, 0.25) is 5.76 Å². The normalized spacial score (nSPS) is 21.1. The molecule has 1 heterocycles. The lowest BCUT2D eigenvalue weighted by atomic mass is 9.70. The highest BCUT2D eigenvalue weighted by molar-refractivity contribution is 6.00. The van der Waals surface area contributed by atoms with Crippen molar-refractivity contribution in [2.75, 3.05) is 0 Å². The summed E-state index contributed by atoms with van der Waals surface area (Å²) >= 11 is 0. The molecule has 0 bridgehead atoms. The number of nitro groups is 1. The molecular weight excluding hydrogens is 358 g/mol. The smallest absolute Gasteiger partial charge is 0.275 e. The van der Waals surface area contributed by atoms with E-state index in [1.54, 1.807) is 19.9 Å². The number of hydrogen-bond acceptors (Lipinski definition) is 6. The number of benzene rings is 1. The number of rotatable bonds is 2. The van der Waals surface area contributed by atoms with Crippen LogP contribution in [-0.4, -0.2) is 10.7 Å². The van der Waals surface area contributed by atoms with E-state index >= 15 is 0 Å². The average Bonchev–Trinajstić information content (AvgIpc) is 2.54. The Labute approximate surface area is 163 Å². The minimum absolute atomic E-state index is 0.00383. The Kier molecular flexibility index (Phi) is 4.54. The van der Waals surface area contributed by atoms with Crippen LogP contribution in [0.1, 0.15) is 54.9 Å². The third kappa shape index (κ3) is 2.95. The molecule has 0 saturated heterocycles. The van der Waals surface area contributed by atoms with E-state index in [0.717, 1.165) is 5.56 Å². The summed E-state index contributed by atoms with van der Waals surface area (Å²) in [6, 6.07) is 3.70. The van der Waals surface area contributed by atoms with E-state index in [1.165, 1.54) is 0 Å². The summed E-state index contributed by atoms with van der Waals surface area (Å²) in [5.74, 6) is -0.421. The van der Waals surface area contributed by atoms with Gasteiger partial charge in [-0.3, -0.25) is 14.9 Å². The van der Waals surface area contributed by atoms with E-state index in [2.05, 4.69) is 0 Å². The van der Waals surface area contributed by atoms with Gasteiger partial charge in [-0.1, -0.05) is 13.8 Å². The first-order chi connectivity index (χ1) is 13.0. The van der Waals surface area contributed by atoms with Gasteiger partial charge in [-0.25, -0.2) is 0 Å². The molecule has 7 nitrogen and oxygen atoms in total. The van der Waals surface area contributed by atoms with Gasteiger partial charge in [-0.15, -0.1) is 0 Å². The molecule has 2 N–H and O–H groups in total. The molecule has 1 atom stereocenters. The number of aryl methyl sites for hydroxylation is 2. The summed E-state index contributed by atoms with van der Waals surface area (Å²) in [4.78, 5) is 24.3. The van der Waals surface area contributed by atoms with E-state index in [4.69, 9.17) is 10.5 Å². The number of nitrogens with zero attached hydrogens (tertiary/aromatic N) is 2. The third-order valence-corrected chi connectivity index (χ3v) is 5.53. The van der Waals surface area contributed by atoms with E-state index in [0.29, 0.717) is 40.9 Å². The molecule has 1 aliphatic heterocycles. The molecule has 3 rings (SSSR count). The SMILES string of the molecule is Cc1cc(C)c([N+](=O)[O-])c(C)c1C1C(N)=C(C#N)OC2=C1C(=O)CC(C)(C)C2. The molecule has 146 valence electrons. The molecule has 1 aromatic rings. The lowest BCUT2D eigenvalue weighted by molar-refractivity contribution is -0.386. The highest BCUT2D eigenvalue weighted by Crippen LogP contribution is 2.49. The summed E-state index contributed by atoms with van der Waals surface area (Å²) in [5.41, 5.74) is 8.93. The first kappa shape index (κ1) is 19.6. The van der Waals surface area contributed by atoms with Gasteiger partial charge in [-0.05, 0) is 43.4 Å². The Morgan fingerprint density at radius 3 is 2.50 bits per heavy atom. The molecule has 0 amide bonds. The fourth-order valence-electron chi connectivity index (χ4n) is 4.46. The molecule has 28 heavy (non-hydrogen) atoms. The predicted octanol–water partition coefficient (Wildman–Crippen LogP) is 3.97. The number of ether oxygens (including phenoxy) is 1. The van der Waals surface area contributed by atoms with Crippen LogP contribution < -0.4 is 5.73 Å². The summed E-state index contributed by atoms with van der Waals surface area (Å²) in [6.45, 7) is 9.12. The fourth-order valence-corrected chi connectivity index (χ4v) is 4.46. The van der Waals surface area contributed by atoms with E-state index < -0.39 is 10.8 Å². The predicted molar refractivity (Wildman–Crippen MR) is 103 cm³/mol. The van der Waals surface area contributed by atoms with Gasteiger partial charge in [0.25, 0.3) is 5.69 Å². The van der Waals surface area contributed by atoms with Gasteiger partial charge in [0, 0.05) is 29.5 Å². The molecule has 2 aliphatic rings. The maximum atomic E-state index is 13.0. The summed E-state index contributed by atoms with van der Waals surface area (Å²) in [5, 5.41) is 21.1. The van der Waals surface area contributed by atoms with Gasteiger partial charge in [-0.2, -0.15) is 5.26 Å².